The van der Waals surface area contributed by atoms with Gasteiger partial charge in [0.05, 0.1) is 31.2 Å². The Morgan fingerprint density at radius 1 is 1.13 bits per heavy atom. The lowest BCUT2D eigenvalue weighted by molar-refractivity contribution is -0.116. The van der Waals surface area contributed by atoms with Gasteiger partial charge in [0, 0.05) is 18.7 Å². The van der Waals surface area contributed by atoms with Gasteiger partial charge in [-0.1, -0.05) is 12.1 Å². The van der Waals surface area contributed by atoms with Crippen LogP contribution in [0.1, 0.15) is 35.7 Å². The van der Waals surface area contributed by atoms with E-state index in [2.05, 4.69) is 5.32 Å². The monoisotopic (exact) mass is 448 g/mol. The number of para-hydroxylation sites is 2. The molecule has 0 aromatic heterocycles. The summed E-state index contributed by atoms with van der Waals surface area (Å²) in [6.45, 7) is 3.94. The first kappa shape index (κ1) is 24.2. The molecule has 0 atom stereocenters. The Bertz CT molecular complexity index is 1040. The molecule has 0 bridgehead atoms. The van der Waals surface area contributed by atoms with Crippen LogP contribution in [-0.2, 0) is 19.6 Å². The second kappa shape index (κ2) is 10.8. The minimum Gasteiger partial charge on any atom is -0.495 e. The number of esters is 1. The van der Waals surface area contributed by atoms with Crippen LogP contribution in [0.4, 0.5) is 11.4 Å². The van der Waals surface area contributed by atoms with E-state index in [9.17, 15) is 18.0 Å². The Morgan fingerprint density at radius 2 is 1.84 bits per heavy atom. The Kier molecular flexibility index (Phi) is 8.44. The van der Waals surface area contributed by atoms with Crippen LogP contribution in [0.5, 0.6) is 5.75 Å². The van der Waals surface area contributed by atoms with Crippen molar-refractivity contribution in [3.05, 3.63) is 53.6 Å². The minimum absolute atomic E-state index is 0.125. The number of carbonyl (C=O) groups excluding carboxylic acids is 2. The molecule has 31 heavy (non-hydrogen) atoms. The number of amides is 1. The van der Waals surface area contributed by atoms with E-state index in [1.165, 1.54) is 11.4 Å². The molecule has 8 nitrogen and oxygen atoms in total. The third kappa shape index (κ3) is 6.71. The van der Waals surface area contributed by atoms with Crippen LogP contribution < -0.4 is 14.4 Å². The number of benzene rings is 2. The van der Waals surface area contributed by atoms with Crippen LogP contribution in [0.3, 0.4) is 0 Å². The van der Waals surface area contributed by atoms with Crippen LogP contribution in [0, 0.1) is 6.92 Å². The summed E-state index contributed by atoms with van der Waals surface area (Å²) in [5.41, 5.74) is 2.16. The molecule has 0 aliphatic heterocycles. The maximum absolute atomic E-state index is 12.4. The highest BCUT2D eigenvalue weighted by molar-refractivity contribution is 7.92. The molecule has 2 aromatic carbocycles. The molecular weight excluding hydrogens is 420 g/mol. The van der Waals surface area contributed by atoms with Gasteiger partial charge < -0.3 is 14.8 Å². The molecule has 0 saturated heterocycles. The first-order valence-corrected chi connectivity index (χ1v) is 11.7. The van der Waals surface area contributed by atoms with Crippen molar-refractivity contribution in [2.75, 3.05) is 36.1 Å². The van der Waals surface area contributed by atoms with E-state index in [1.807, 2.05) is 0 Å². The van der Waals surface area contributed by atoms with Gasteiger partial charge in [0.15, 0.2) is 0 Å². The van der Waals surface area contributed by atoms with Gasteiger partial charge in [0.1, 0.15) is 5.75 Å². The standard InChI is InChI=1S/C22H28N2O6S/c1-5-30-22(26)17-12-13-18(16(2)15-17)23-21(25)11-8-14-24(31(4,27)28)19-9-6-7-10-20(19)29-3/h6-7,9-10,12-13,15H,5,8,11,14H2,1-4H3,(H,23,25). The van der Waals surface area contributed by atoms with Crippen molar-refractivity contribution in [3.8, 4) is 5.75 Å². The molecule has 0 aliphatic rings. The molecule has 0 heterocycles. The average molecular weight is 449 g/mol. The first-order valence-electron chi connectivity index (χ1n) is 9.85. The summed E-state index contributed by atoms with van der Waals surface area (Å²) >= 11 is 0. The van der Waals surface area contributed by atoms with Crippen molar-refractivity contribution in [2.24, 2.45) is 0 Å². The van der Waals surface area contributed by atoms with Gasteiger partial charge in [-0.2, -0.15) is 0 Å². The fourth-order valence-electron chi connectivity index (χ4n) is 3.04. The summed E-state index contributed by atoms with van der Waals surface area (Å²) in [6, 6.07) is 11.7. The van der Waals surface area contributed by atoms with E-state index < -0.39 is 16.0 Å². The molecule has 2 aromatic rings. The Morgan fingerprint density at radius 3 is 2.45 bits per heavy atom. The van der Waals surface area contributed by atoms with E-state index >= 15 is 0 Å². The number of nitrogens with one attached hydrogen (secondary N) is 1. The van der Waals surface area contributed by atoms with Gasteiger partial charge in [0.25, 0.3) is 0 Å². The summed E-state index contributed by atoms with van der Waals surface area (Å²) in [5.74, 6) is -0.226. The lowest BCUT2D eigenvalue weighted by Crippen LogP contribution is -2.31. The highest BCUT2D eigenvalue weighted by atomic mass is 32.2. The van der Waals surface area contributed by atoms with Gasteiger partial charge in [-0.05, 0) is 56.2 Å². The number of rotatable bonds is 10. The predicted molar refractivity (Wildman–Crippen MR) is 120 cm³/mol. The fourth-order valence-corrected chi connectivity index (χ4v) is 4.01. The summed E-state index contributed by atoms with van der Waals surface area (Å²) in [4.78, 5) is 24.2. The normalized spacial score (nSPS) is 11.0. The minimum atomic E-state index is -3.55. The summed E-state index contributed by atoms with van der Waals surface area (Å²) in [7, 11) is -2.08. The number of methoxy groups -OCH3 is 1. The van der Waals surface area contributed by atoms with Gasteiger partial charge in [-0.15, -0.1) is 0 Å². The predicted octanol–water partition coefficient (Wildman–Crippen LogP) is 3.37. The van der Waals surface area contributed by atoms with Gasteiger partial charge >= 0.3 is 5.97 Å². The number of sulfonamides is 1. The van der Waals surface area contributed by atoms with Crippen molar-refractivity contribution < 1.29 is 27.5 Å². The number of hydrogen-bond donors (Lipinski definition) is 1. The smallest absolute Gasteiger partial charge is 0.338 e. The second-order valence-corrected chi connectivity index (χ2v) is 8.82. The number of hydrogen-bond acceptors (Lipinski definition) is 6. The van der Waals surface area contributed by atoms with Crippen molar-refractivity contribution in [2.45, 2.75) is 26.7 Å². The van der Waals surface area contributed by atoms with Gasteiger partial charge in [-0.3, -0.25) is 9.10 Å². The van der Waals surface area contributed by atoms with Gasteiger partial charge in [0.2, 0.25) is 15.9 Å². The Labute approximate surface area is 183 Å². The maximum Gasteiger partial charge on any atom is 0.338 e. The molecule has 0 aliphatic carbocycles. The third-order valence-corrected chi connectivity index (χ3v) is 5.71. The molecule has 1 amide bonds. The van der Waals surface area contributed by atoms with Crippen LogP contribution in [0.15, 0.2) is 42.5 Å². The summed E-state index contributed by atoms with van der Waals surface area (Å²) < 4.78 is 36.0. The molecule has 0 saturated carbocycles. The molecule has 168 valence electrons. The number of aryl methyl sites for hydroxylation is 1. The Balaban J connectivity index is 2.01. The lowest BCUT2D eigenvalue weighted by Gasteiger charge is -2.24. The average Bonchev–Trinajstić information content (AvgIpc) is 2.72. The van der Waals surface area contributed by atoms with Crippen LogP contribution in [0.25, 0.3) is 0 Å². The zero-order chi connectivity index (χ0) is 23.0. The number of anilines is 2. The van der Waals surface area contributed by atoms with Crippen molar-refractivity contribution >= 4 is 33.3 Å². The van der Waals surface area contributed by atoms with Crippen LogP contribution in [-0.4, -0.2) is 46.8 Å². The molecule has 0 spiro atoms. The van der Waals surface area contributed by atoms with E-state index in [0.717, 1.165) is 11.8 Å². The molecule has 0 radical (unpaired) electrons. The molecule has 2 rings (SSSR count). The van der Waals surface area contributed by atoms with E-state index in [4.69, 9.17) is 9.47 Å². The molecule has 0 unspecified atom stereocenters. The third-order valence-electron chi connectivity index (χ3n) is 4.53. The maximum atomic E-state index is 12.4. The van der Waals surface area contributed by atoms with Gasteiger partial charge in [-0.25, -0.2) is 13.2 Å². The zero-order valence-corrected chi connectivity index (χ0v) is 19.0. The van der Waals surface area contributed by atoms with E-state index in [-0.39, 0.29) is 25.5 Å². The highest BCUT2D eigenvalue weighted by Crippen LogP contribution is 2.29. The highest BCUT2D eigenvalue weighted by Gasteiger charge is 2.21. The lowest BCUT2D eigenvalue weighted by atomic mass is 10.1. The molecule has 0 fully saturated rings. The van der Waals surface area contributed by atoms with Crippen molar-refractivity contribution in [1.82, 2.24) is 0 Å². The first-order chi connectivity index (χ1) is 14.7. The summed E-state index contributed by atoms with van der Waals surface area (Å²) in [5, 5.41) is 2.80. The number of carbonyl (C=O) groups is 2. The summed E-state index contributed by atoms with van der Waals surface area (Å²) in [6.07, 6.45) is 1.56. The largest absolute Gasteiger partial charge is 0.495 e. The molecular formula is C22H28N2O6S. The van der Waals surface area contributed by atoms with E-state index in [0.29, 0.717) is 29.1 Å². The van der Waals surface area contributed by atoms with E-state index in [1.54, 1.807) is 56.3 Å². The van der Waals surface area contributed by atoms with Crippen molar-refractivity contribution in [3.63, 3.8) is 0 Å². The fraction of sp³-hybridized carbons (Fsp3) is 0.364. The van der Waals surface area contributed by atoms with Crippen LogP contribution >= 0.6 is 0 Å². The molecule has 1 N–H and O–H groups in total. The quantitative estimate of drug-likeness (QED) is 0.559. The SMILES string of the molecule is CCOC(=O)c1ccc(NC(=O)CCCN(c2ccccc2OC)S(C)(=O)=O)c(C)c1. The van der Waals surface area contributed by atoms with Crippen molar-refractivity contribution in [1.29, 1.82) is 0 Å². The topological polar surface area (TPSA) is 102 Å². The number of nitrogens with zero attached hydrogens (tertiary/aromatic N) is 1. The Hall–Kier alpha value is -3.07. The second-order valence-electron chi connectivity index (χ2n) is 6.91. The zero-order valence-electron chi connectivity index (χ0n) is 18.2. The number of ether oxygens (including phenoxy) is 2. The molecule has 9 heteroatoms. The van der Waals surface area contributed by atoms with Crippen LogP contribution in [0.2, 0.25) is 0 Å².